The molecular weight excluding hydrogens is 272 g/mol. The molecule has 3 N–H and O–H groups in total. The van der Waals surface area contributed by atoms with Crippen LogP contribution in [0.5, 0.6) is 0 Å². The molecule has 3 rings (SSSR count). The lowest BCUT2D eigenvalue weighted by atomic mass is 9.81. The van der Waals surface area contributed by atoms with E-state index in [1.807, 2.05) is 0 Å². The van der Waals surface area contributed by atoms with Gasteiger partial charge >= 0.3 is 5.97 Å². The second kappa shape index (κ2) is 5.14. The SMILES string of the molecule is CC1(C(=O)O)CCCN(C(=O)C2Cc3nc[nH]c3CN2)C1. The molecule has 0 aromatic carbocycles. The number of carboxylic acids is 1. The first-order valence-electron chi connectivity index (χ1n) is 7.26. The first-order chi connectivity index (χ1) is 9.99. The number of aliphatic carboxylic acids is 1. The Morgan fingerprint density at radius 1 is 1.52 bits per heavy atom. The highest BCUT2D eigenvalue weighted by Crippen LogP contribution is 2.30. The highest BCUT2D eigenvalue weighted by molar-refractivity contribution is 5.84. The van der Waals surface area contributed by atoms with E-state index in [2.05, 4.69) is 15.3 Å². The maximum atomic E-state index is 12.6. The van der Waals surface area contributed by atoms with E-state index in [1.165, 1.54) is 0 Å². The maximum Gasteiger partial charge on any atom is 0.311 e. The molecule has 1 saturated heterocycles. The highest BCUT2D eigenvalue weighted by Gasteiger charge is 2.41. The molecule has 7 heteroatoms. The summed E-state index contributed by atoms with van der Waals surface area (Å²) in [7, 11) is 0. The summed E-state index contributed by atoms with van der Waals surface area (Å²) >= 11 is 0. The molecule has 1 fully saturated rings. The minimum absolute atomic E-state index is 0.0178. The smallest absolute Gasteiger partial charge is 0.311 e. The normalized spacial score (nSPS) is 29.0. The van der Waals surface area contributed by atoms with Crippen LogP contribution in [0.15, 0.2) is 6.33 Å². The Morgan fingerprint density at radius 3 is 3.10 bits per heavy atom. The second-order valence-electron chi connectivity index (χ2n) is 6.19. The number of amides is 1. The number of aromatic amines is 1. The summed E-state index contributed by atoms with van der Waals surface area (Å²) in [6.45, 7) is 3.23. The summed E-state index contributed by atoms with van der Waals surface area (Å²) in [5.41, 5.74) is 1.11. The van der Waals surface area contributed by atoms with E-state index in [1.54, 1.807) is 18.2 Å². The van der Waals surface area contributed by atoms with Crippen molar-refractivity contribution in [2.75, 3.05) is 13.1 Å². The van der Waals surface area contributed by atoms with Crippen LogP contribution in [0.25, 0.3) is 0 Å². The van der Waals surface area contributed by atoms with Crippen LogP contribution in [-0.4, -0.2) is 51.0 Å². The molecule has 1 aromatic rings. The zero-order valence-corrected chi connectivity index (χ0v) is 12.1. The third-order valence-corrected chi connectivity index (χ3v) is 4.55. The number of carbonyl (C=O) groups is 2. The van der Waals surface area contributed by atoms with E-state index < -0.39 is 11.4 Å². The average Bonchev–Trinajstić information content (AvgIpc) is 2.93. The largest absolute Gasteiger partial charge is 0.481 e. The van der Waals surface area contributed by atoms with Gasteiger partial charge in [0.15, 0.2) is 0 Å². The summed E-state index contributed by atoms with van der Waals surface area (Å²) in [4.78, 5) is 33.0. The molecule has 2 unspecified atom stereocenters. The summed E-state index contributed by atoms with van der Waals surface area (Å²) in [5.74, 6) is -0.845. The lowest BCUT2D eigenvalue weighted by Crippen LogP contribution is -2.55. The Balaban J connectivity index is 1.70. The van der Waals surface area contributed by atoms with Crippen molar-refractivity contribution in [1.82, 2.24) is 20.2 Å². The zero-order valence-electron chi connectivity index (χ0n) is 12.1. The Morgan fingerprint density at radius 2 is 2.33 bits per heavy atom. The van der Waals surface area contributed by atoms with E-state index in [0.29, 0.717) is 25.9 Å². The van der Waals surface area contributed by atoms with E-state index in [4.69, 9.17) is 0 Å². The van der Waals surface area contributed by atoms with Gasteiger partial charge in [-0.05, 0) is 19.8 Å². The number of imidazole rings is 1. The van der Waals surface area contributed by atoms with Gasteiger partial charge in [-0.2, -0.15) is 0 Å². The van der Waals surface area contributed by atoms with E-state index in [0.717, 1.165) is 17.8 Å². The van der Waals surface area contributed by atoms with Gasteiger partial charge in [0.05, 0.1) is 29.2 Å². The summed E-state index contributed by atoms with van der Waals surface area (Å²) < 4.78 is 0. The third-order valence-electron chi connectivity index (χ3n) is 4.55. The van der Waals surface area contributed by atoms with Gasteiger partial charge in [-0.25, -0.2) is 4.98 Å². The number of likely N-dealkylation sites (tertiary alicyclic amines) is 1. The van der Waals surface area contributed by atoms with E-state index in [-0.39, 0.29) is 18.5 Å². The number of hydrogen-bond donors (Lipinski definition) is 3. The highest BCUT2D eigenvalue weighted by atomic mass is 16.4. The van der Waals surface area contributed by atoms with Crippen molar-refractivity contribution in [3.8, 4) is 0 Å². The molecule has 0 aliphatic carbocycles. The van der Waals surface area contributed by atoms with Gasteiger partial charge in [-0.3, -0.25) is 14.9 Å². The van der Waals surface area contributed by atoms with Crippen LogP contribution in [0.4, 0.5) is 0 Å². The molecule has 2 aliphatic rings. The van der Waals surface area contributed by atoms with Gasteiger partial charge in [-0.1, -0.05) is 0 Å². The predicted octanol–water partition coefficient (Wildman–Crippen LogP) is 0.137. The van der Waals surface area contributed by atoms with Crippen LogP contribution < -0.4 is 5.32 Å². The number of fused-ring (bicyclic) bond motifs is 1. The van der Waals surface area contributed by atoms with Crippen LogP contribution in [0.1, 0.15) is 31.2 Å². The number of rotatable bonds is 2. The fourth-order valence-corrected chi connectivity index (χ4v) is 3.17. The Bertz CT molecular complexity index is 570. The second-order valence-corrected chi connectivity index (χ2v) is 6.19. The summed E-state index contributed by atoms with van der Waals surface area (Å²) in [5, 5.41) is 12.5. The van der Waals surface area contributed by atoms with Gasteiger partial charge in [0, 0.05) is 26.1 Å². The standard InChI is InChI=1S/C14H20N4O3/c1-14(13(20)21)3-2-4-18(7-14)12(19)10-5-9-11(6-15-10)17-8-16-9/h8,10,15H,2-7H2,1H3,(H,16,17)(H,20,21). The number of H-pyrrole nitrogens is 1. The molecule has 7 nitrogen and oxygen atoms in total. The third kappa shape index (κ3) is 2.53. The lowest BCUT2D eigenvalue weighted by Gasteiger charge is -2.39. The van der Waals surface area contributed by atoms with E-state index >= 15 is 0 Å². The van der Waals surface area contributed by atoms with Crippen molar-refractivity contribution in [2.24, 2.45) is 5.41 Å². The van der Waals surface area contributed by atoms with Crippen molar-refractivity contribution in [1.29, 1.82) is 0 Å². The number of nitrogens with zero attached hydrogens (tertiary/aromatic N) is 2. The first kappa shape index (κ1) is 14.1. The number of carbonyl (C=O) groups excluding carboxylic acids is 1. The molecule has 1 amide bonds. The number of carboxylic acid groups (broad SMARTS) is 1. The fraction of sp³-hybridized carbons (Fsp3) is 0.643. The number of nitrogens with one attached hydrogen (secondary N) is 2. The molecule has 114 valence electrons. The van der Waals surface area contributed by atoms with Crippen molar-refractivity contribution in [2.45, 2.75) is 38.8 Å². The Kier molecular flexibility index (Phi) is 3.44. The monoisotopic (exact) mass is 292 g/mol. The van der Waals surface area contributed by atoms with Crippen LogP contribution >= 0.6 is 0 Å². The maximum absolute atomic E-state index is 12.6. The molecule has 21 heavy (non-hydrogen) atoms. The Hall–Kier alpha value is -1.89. The van der Waals surface area contributed by atoms with Crippen molar-refractivity contribution in [3.63, 3.8) is 0 Å². The molecule has 0 bridgehead atoms. The number of aromatic nitrogens is 2. The van der Waals surface area contributed by atoms with Crippen molar-refractivity contribution < 1.29 is 14.7 Å². The average molecular weight is 292 g/mol. The topological polar surface area (TPSA) is 98.3 Å². The Labute approximate surface area is 122 Å². The minimum atomic E-state index is -0.833. The molecular formula is C14H20N4O3. The lowest BCUT2D eigenvalue weighted by molar-refractivity contribution is -0.154. The van der Waals surface area contributed by atoms with Gasteiger partial charge in [0.2, 0.25) is 5.91 Å². The van der Waals surface area contributed by atoms with Crippen molar-refractivity contribution in [3.05, 3.63) is 17.7 Å². The number of piperidine rings is 1. The van der Waals surface area contributed by atoms with Gasteiger partial charge < -0.3 is 15.0 Å². The van der Waals surface area contributed by atoms with Gasteiger partial charge in [0.1, 0.15) is 0 Å². The molecule has 3 heterocycles. The summed E-state index contributed by atoms with van der Waals surface area (Å²) in [6.07, 6.45) is 3.54. The van der Waals surface area contributed by atoms with Gasteiger partial charge in [-0.15, -0.1) is 0 Å². The first-order valence-corrected chi connectivity index (χ1v) is 7.26. The number of hydrogen-bond acceptors (Lipinski definition) is 4. The van der Waals surface area contributed by atoms with Gasteiger partial charge in [0.25, 0.3) is 0 Å². The molecule has 0 radical (unpaired) electrons. The molecule has 0 saturated carbocycles. The summed E-state index contributed by atoms with van der Waals surface area (Å²) in [6, 6.07) is -0.308. The fourth-order valence-electron chi connectivity index (χ4n) is 3.17. The van der Waals surface area contributed by atoms with Crippen LogP contribution in [0.2, 0.25) is 0 Å². The van der Waals surface area contributed by atoms with Crippen LogP contribution in [0.3, 0.4) is 0 Å². The molecule has 2 atom stereocenters. The van der Waals surface area contributed by atoms with Crippen molar-refractivity contribution >= 4 is 11.9 Å². The predicted molar refractivity (Wildman–Crippen MR) is 74.5 cm³/mol. The van der Waals surface area contributed by atoms with Crippen LogP contribution in [-0.2, 0) is 22.6 Å². The molecule has 1 aromatic heterocycles. The quantitative estimate of drug-likeness (QED) is 0.720. The minimum Gasteiger partial charge on any atom is -0.481 e. The van der Waals surface area contributed by atoms with Crippen LogP contribution in [0, 0.1) is 5.41 Å². The van der Waals surface area contributed by atoms with E-state index in [9.17, 15) is 14.7 Å². The zero-order chi connectivity index (χ0) is 15.0. The molecule has 0 spiro atoms. The molecule has 2 aliphatic heterocycles.